The molecular weight excluding hydrogens is 206 g/mol. The molecule has 3 nitrogen and oxygen atoms in total. The van der Waals surface area contributed by atoms with Gasteiger partial charge in [-0.25, -0.2) is 0 Å². The van der Waals surface area contributed by atoms with Crippen LogP contribution < -0.4 is 4.90 Å². The van der Waals surface area contributed by atoms with E-state index in [0.29, 0.717) is 5.15 Å². The second kappa shape index (κ2) is 4.15. The van der Waals surface area contributed by atoms with Crippen molar-refractivity contribution in [1.29, 1.82) is 0 Å². The lowest BCUT2D eigenvalue weighted by atomic mass is 10.4. The Morgan fingerprint density at radius 3 is 2.62 bits per heavy atom. The van der Waals surface area contributed by atoms with Crippen molar-refractivity contribution in [3.05, 3.63) is 17.3 Å². The molecule has 2 rings (SSSR count). The number of halogens is 1. The Balaban J connectivity index is 2.10. The Morgan fingerprint density at radius 1 is 1.23 bits per heavy atom. The molecule has 0 unspecified atom stereocenters. The van der Waals surface area contributed by atoms with Crippen LogP contribution in [0.25, 0.3) is 0 Å². The van der Waals surface area contributed by atoms with E-state index >= 15 is 0 Å². The van der Waals surface area contributed by atoms with E-state index in [4.69, 9.17) is 11.6 Å². The molecule has 1 fully saturated rings. The van der Waals surface area contributed by atoms with Gasteiger partial charge in [0.25, 0.3) is 0 Å². The fourth-order valence-electron chi connectivity index (χ4n) is 1.27. The highest BCUT2D eigenvalue weighted by molar-refractivity contribution is 7.99. The zero-order valence-electron chi connectivity index (χ0n) is 7.11. The zero-order valence-corrected chi connectivity index (χ0v) is 8.68. The number of nitrogens with zero attached hydrogens (tertiary/aromatic N) is 3. The number of aromatic nitrogens is 2. The molecule has 1 aliphatic heterocycles. The maximum Gasteiger partial charge on any atom is 0.151 e. The third kappa shape index (κ3) is 2.25. The number of hydrogen-bond donors (Lipinski definition) is 0. The summed E-state index contributed by atoms with van der Waals surface area (Å²) in [6, 6.07) is 3.71. The lowest BCUT2D eigenvalue weighted by Gasteiger charge is -2.26. The van der Waals surface area contributed by atoms with Gasteiger partial charge in [0.2, 0.25) is 0 Å². The molecule has 0 spiro atoms. The highest BCUT2D eigenvalue weighted by Gasteiger charge is 2.11. The van der Waals surface area contributed by atoms with Crippen LogP contribution in [0.4, 0.5) is 5.82 Å². The van der Waals surface area contributed by atoms with E-state index < -0.39 is 0 Å². The third-order valence-electron chi connectivity index (χ3n) is 1.95. The van der Waals surface area contributed by atoms with E-state index in [1.54, 1.807) is 6.07 Å². The largest absolute Gasteiger partial charge is 0.353 e. The maximum atomic E-state index is 5.65. The monoisotopic (exact) mass is 215 g/mol. The zero-order chi connectivity index (χ0) is 9.10. The highest BCUT2D eigenvalue weighted by atomic mass is 35.5. The SMILES string of the molecule is Clc1ccc(N2CCSCC2)nn1. The van der Waals surface area contributed by atoms with Gasteiger partial charge in [-0.05, 0) is 12.1 Å². The molecule has 13 heavy (non-hydrogen) atoms. The van der Waals surface area contributed by atoms with Crippen LogP contribution in [0.2, 0.25) is 5.15 Å². The lowest BCUT2D eigenvalue weighted by Crippen LogP contribution is -2.33. The normalized spacial score (nSPS) is 17.5. The first-order chi connectivity index (χ1) is 6.36. The van der Waals surface area contributed by atoms with Crippen LogP contribution in [0.5, 0.6) is 0 Å². The standard InChI is InChI=1S/C8H10ClN3S/c9-7-1-2-8(11-10-7)12-3-5-13-6-4-12/h1-2H,3-6H2. The van der Waals surface area contributed by atoms with Crippen LogP contribution in [0.1, 0.15) is 0 Å². The minimum atomic E-state index is 0.454. The van der Waals surface area contributed by atoms with E-state index in [1.165, 1.54) is 11.5 Å². The summed E-state index contributed by atoms with van der Waals surface area (Å²) >= 11 is 7.63. The molecule has 70 valence electrons. The summed E-state index contributed by atoms with van der Waals surface area (Å²) in [6.07, 6.45) is 0. The topological polar surface area (TPSA) is 29.0 Å². The first kappa shape index (κ1) is 9.09. The van der Waals surface area contributed by atoms with Crippen molar-refractivity contribution in [3.63, 3.8) is 0 Å². The van der Waals surface area contributed by atoms with Gasteiger partial charge in [0.05, 0.1) is 0 Å². The minimum absolute atomic E-state index is 0.454. The van der Waals surface area contributed by atoms with E-state index in [-0.39, 0.29) is 0 Å². The van der Waals surface area contributed by atoms with Crippen molar-refractivity contribution >= 4 is 29.2 Å². The molecule has 0 amide bonds. The molecule has 2 heterocycles. The quantitative estimate of drug-likeness (QED) is 0.713. The Kier molecular flexibility index (Phi) is 2.90. The summed E-state index contributed by atoms with van der Waals surface area (Å²) in [6.45, 7) is 2.11. The summed E-state index contributed by atoms with van der Waals surface area (Å²) in [5.41, 5.74) is 0. The van der Waals surface area contributed by atoms with Crippen molar-refractivity contribution in [1.82, 2.24) is 10.2 Å². The smallest absolute Gasteiger partial charge is 0.151 e. The van der Waals surface area contributed by atoms with Gasteiger partial charge in [-0.2, -0.15) is 11.8 Å². The maximum absolute atomic E-state index is 5.65. The molecule has 0 aliphatic carbocycles. The Hall–Kier alpha value is -0.480. The van der Waals surface area contributed by atoms with Crippen LogP contribution >= 0.6 is 23.4 Å². The van der Waals surface area contributed by atoms with Gasteiger partial charge in [0.1, 0.15) is 0 Å². The molecule has 1 aromatic rings. The van der Waals surface area contributed by atoms with E-state index in [2.05, 4.69) is 15.1 Å². The van der Waals surface area contributed by atoms with Crippen molar-refractivity contribution in [3.8, 4) is 0 Å². The van der Waals surface area contributed by atoms with Gasteiger partial charge < -0.3 is 4.90 Å². The van der Waals surface area contributed by atoms with Gasteiger partial charge >= 0.3 is 0 Å². The molecule has 0 N–H and O–H groups in total. The van der Waals surface area contributed by atoms with Crippen LogP contribution in [0.3, 0.4) is 0 Å². The number of rotatable bonds is 1. The molecule has 0 atom stereocenters. The first-order valence-electron chi connectivity index (χ1n) is 4.18. The fraction of sp³-hybridized carbons (Fsp3) is 0.500. The molecule has 1 aromatic heterocycles. The van der Waals surface area contributed by atoms with Crippen molar-refractivity contribution in [2.24, 2.45) is 0 Å². The lowest BCUT2D eigenvalue weighted by molar-refractivity contribution is 0.819. The molecule has 5 heteroatoms. The van der Waals surface area contributed by atoms with Crippen molar-refractivity contribution < 1.29 is 0 Å². The van der Waals surface area contributed by atoms with E-state index in [9.17, 15) is 0 Å². The molecule has 1 aliphatic rings. The predicted molar refractivity (Wildman–Crippen MR) is 56.6 cm³/mol. The predicted octanol–water partition coefficient (Wildman–Crippen LogP) is 1.68. The fourth-order valence-corrected chi connectivity index (χ4v) is 2.27. The molecule has 0 bridgehead atoms. The molecular formula is C8H10ClN3S. The van der Waals surface area contributed by atoms with Crippen LogP contribution in [0.15, 0.2) is 12.1 Å². The Bertz CT molecular complexity index is 271. The van der Waals surface area contributed by atoms with E-state index in [0.717, 1.165) is 18.9 Å². The first-order valence-corrected chi connectivity index (χ1v) is 5.71. The summed E-state index contributed by atoms with van der Waals surface area (Å²) in [4.78, 5) is 2.24. The number of hydrogen-bond acceptors (Lipinski definition) is 4. The van der Waals surface area contributed by atoms with Gasteiger partial charge in [-0.3, -0.25) is 0 Å². The second-order valence-corrected chi connectivity index (χ2v) is 4.43. The molecule has 1 saturated heterocycles. The summed E-state index contributed by atoms with van der Waals surface area (Å²) in [7, 11) is 0. The van der Waals surface area contributed by atoms with E-state index in [1.807, 2.05) is 17.8 Å². The summed E-state index contributed by atoms with van der Waals surface area (Å²) < 4.78 is 0. The number of anilines is 1. The average molecular weight is 216 g/mol. The summed E-state index contributed by atoms with van der Waals surface area (Å²) in [5.74, 6) is 3.28. The molecule has 0 radical (unpaired) electrons. The number of thioether (sulfide) groups is 1. The summed E-state index contributed by atoms with van der Waals surface area (Å²) in [5, 5.41) is 8.31. The van der Waals surface area contributed by atoms with Gasteiger partial charge in [0.15, 0.2) is 11.0 Å². The van der Waals surface area contributed by atoms with Gasteiger partial charge in [0, 0.05) is 24.6 Å². The van der Waals surface area contributed by atoms with Crippen LogP contribution in [-0.2, 0) is 0 Å². The van der Waals surface area contributed by atoms with Crippen LogP contribution in [0, 0.1) is 0 Å². The third-order valence-corrected chi connectivity index (χ3v) is 3.10. The molecule has 0 saturated carbocycles. The minimum Gasteiger partial charge on any atom is -0.353 e. The van der Waals surface area contributed by atoms with Crippen molar-refractivity contribution in [2.75, 3.05) is 29.5 Å². The molecule has 0 aromatic carbocycles. The Labute approximate surface area is 86.5 Å². The van der Waals surface area contributed by atoms with Gasteiger partial charge in [-0.1, -0.05) is 11.6 Å². The van der Waals surface area contributed by atoms with Crippen LogP contribution in [-0.4, -0.2) is 34.8 Å². The van der Waals surface area contributed by atoms with Crippen molar-refractivity contribution in [2.45, 2.75) is 0 Å². The Morgan fingerprint density at radius 2 is 2.00 bits per heavy atom. The van der Waals surface area contributed by atoms with Gasteiger partial charge in [-0.15, -0.1) is 10.2 Å². The highest BCUT2D eigenvalue weighted by Crippen LogP contribution is 2.16. The average Bonchev–Trinajstić information content (AvgIpc) is 2.20. The second-order valence-electron chi connectivity index (χ2n) is 2.81.